The number of nitrogens with zero attached hydrogens (tertiary/aromatic N) is 4. The van der Waals surface area contributed by atoms with Gasteiger partial charge >= 0.3 is 0 Å². The number of carbonyl (C=O) groups is 1. The quantitative estimate of drug-likeness (QED) is 0.482. The topological polar surface area (TPSA) is 82.6 Å². The first-order valence-corrected chi connectivity index (χ1v) is 13.6. The standard InChI is InChI=1S/C29H31FN6O2/c1-2-35-11-13-36(14-12-35)19-4-8-25(38-20-5-6-20)24(16-19)32-28-31-17-23(30)26(33-28)18-3-7-22-21(15-18)27(37)34-29(22)9-10-29/h3-4,7-8,15-17,20H,2,5-6,9-14H2,1H3,(H,34,37)(H,31,32,33). The van der Waals surface area contributed by atoms with Crippen LogP contribution in [0.2, 0.25) is 0 Å². The molecule has 0 radical (unpaired) electrons. The lowest BCUT2D eigenvalue weighted by Gasteiger charge is -2.35. The average molecular weight is 515 g/mol. The van der Waals surface area contributed by atoms with Crippen LogP contribution in [0.1, 0.15) is 48.5 Å². The number of aromatic nitrogens is 2. The number of hydrogen-bond donors (Lipinski definition) is 2. The van der Waals surface area contributed by atoms with Gasteiger partial charge in [0.2, 0.25) is 5.95 Å². The molecule has 2 aromatic carbocycles. The normalized spacial score (nSPS) is 19.8. The highest BCUT2D eigenvalue weighted by Gasteiger charge is 2.52. The Morgan fingerprint density at radius 3 is 2.68 bits per heavy atom. The number of benzene rings is 2. The van der Waals surface area contributed by atoms with E-state index >= 15 is 0 Å². The molecule has 3 fully saturated rings. The maximum absolute atomic E-state index is 14.9. The molecule has 3 aromatic rings. The third kappa shape index (κ3) is 4.24. The van der Waals surface area contributed by atoms with Gasteiger partial charge in [-0.1, -0.05) is 19.1 Å². The van der Waals surface area contributed by atoms with Crippen molar-refractivity contribution >= 4 is 23.2 Å². The lowest BCUT2D eigenvalue weighted by molar-refractivity contribution is 0.0952. The number of halogens is 1. The molecule has 1 aromatic heterocycles. The third-order valence-electron chi connectivity index (χ3n) is 8.11. The number of rotatable bonds is 7. The van der Waals surface area contributed by atoms with Crippen molar-refractivity contribution in [2.45, 2.75) is 44.2 Å². The summed E-state index contributed by atoms with van der Waals surface area (Å²) >= 11 is 0. The second-order valence-electron chi connectivity index (χ2n) is 10.7. The molecule has 196 valence electrons. The molecule has 0 unspecified atom stereocenters. The van der Waals surface area contributed by atoms with Gasteiger partial charge in [0.15, 0.2) is 5.82 Å². The molecule has 2 aliphatic carbocycles. The fraction of sp³-hybridized carbons (Fsp3) is 0.414. The van der Waals surface area contributed by atoms with Crippen LogP contribution in [0.15, 0.2) is 42.6 Å². The van der Waals surface area contributed by atoms with Crippen molar-refractivity contribution in [3.05, 3.63) is 59.5 Å². The van der Waals surface area contributed by atoms with E-state index < -0.39 is 5.82 Å². The van der Waals surface area contributed by atoms with Crippen molar-refractivity contribution in [1.29, 1.82) is 0 Å². The van der Waals surface area contributed by atoms with Crippen LogP contribution in [0.3, 0.4) is 0 Å². The monoisotopic (exact) mass is 514 g/mol. The summed E-state index contributed by atoms with van der Waals surface area (Å²) in [6, 6.07) is 11.7. The average Bonchev–Trinajstić information content (AvgIpc) is 3.87. The zero-order valence-electron chi connectivity index (χ0n) is 21.5. The highest BCUT2D eigenvalue weighted by atomic mass is 19.1. The van der Waals surface area contributed by atoms with Crippen molar-refractivity contribution in [2.24, 2.45) is 0 Å². The van der Waals surface area contributed by atoms with E-state index in [1.807, 2.05) is 18.2 Å². The summed E-state index contributed by atoms with van der Waals surface area (Å²) in [6.45, 7) is 7.24. The van der Waals surface area contributed by atoms with Crippen LogP contribution in [-0.2, 0) is 5.54 Å². The smallest absolute Gasteiger partial charge is 0.252 e. The van der Waals surface area contributed by atoms with E-state index in [-0.39, 0.29) is 29.2 Å². The molecule has 2 aliphatic heterocycles. The second kappa shape index (κ2) is 8.94. The van der Waals surface area contributed by atoms with Crippen LogP contribution < -0.4 is 20.3 Å². The number of fused-ring (bicyclic) bond motifs is 2. The van der Waals surface area contributed by atoms with Gasteiger partial charge in [-0.25, -0.2) is 14.4 Å². The highest BCUT2D eigenvalue weighted by Crippen LogP contribution is 2.50. The molecule has 8 nitrogen and oxygen atoms in total. The Hall–Kier alpha value is -3.72. The summed E-state index contributed by atoms with van der Waals surface area (Å²) in [5.41, 5.74) is 3.96. The van der Waals surface area contributed by atoms with E-state index in [0.29, 0.717) is 11.1 Å². The third-order valence-corrected chi connectivity index (χ3v) is 8.11. The van der Waals surface area contributed by atoms with Gasteiger partial charge in [-0.05, 0) is 62.1 Å². The number of likely N-dealkylation sites (N-methyl/N-ethyl adjacent to an activating group) is 1. The molecular formula is C29H31FN6O2. The van der Waals surface area contributed by atoms with Crippen molar-refractivity contribution in [3.8, 4) is 17.0 Å². The first-order valence-electron chi connectivity index (χ1n) is 13.6. The predicted molar refractivity (Wildman–Crippen MR) is 144 cm³/mol. The molecule has 1 amide bonds. The van der Waals surface area contributed by atoms with Crippen LogP contribution in [0.5, 0.6) is 5.75 Å². The number of hydrogen-bond acceptors (Lipinski definition) is 7. The van der Waals surface area contributed by atoms with Crippen LogP contribution >= 0.6 is 0 Å². The molecule has 2 N–H and O–H groups in total. The molecule has 7 rings (SSSR count). The van der Waals surface area contributed by atoms with Gasteiger partial charge in [-0.15, -0.1) is 0 Å². The molecule has 38 heavy (non-hydrogen) atoms. The first kappa shape index (κ1) is 23.4. The van der Waals surface area contributed by atoms with Gasteiger partial charge in [0, 0.05) is 43.0 Å². The molecule has 0 bridgehead atoms. The summed E-state index contributed by atoms with van der Waals surface area (Å²) in [7, 11) is 0. The molecule has 9 heteroatoms. The minimum Gasteiger partial charge on any atom is -0.488 e. The Bertz CT molecular complexity index is 1410. The second-order valence-corrected chi connectivity index (χ2v) is 10.7. The van der Waals surface area contributed by atoms with Gasteiger partial charge in [-0.2, -0.15) is 0 Å². The molecule has 3 heterocycles. The van der Waals surface area contributed by atoms with E-state index in [1.165, 1.54) is 6.20 Å². The van der Waals surface area contributed by atoms with Gasteiger partial charge in [-0.3, -0.25) is 4.79 Å². The zero-order chi connectivity index (χ0) is 25.9. The maximum atomic E-state index is 14.9. The fourth-order valence-electron chi connectivity index (χ4n) is 5.52. The minimum atomic E-state index is -0.535. The Morgan fingerprint density at radius 1 is 1.13 bits per heavy atom. The molecule has 2 saturated carbocycles. The van der Waals surface area contributed by atoms with Crippen LogP contribution in [0, 0.1) is 5.82 Å². The van der Waals surface area contributed by atoms with Crippen LogP contribution in [0.25, 0.3) is 11.3 Å². The zero-order valence-corrected chi connectivity index (χ0v) is 21.5. The molecule has 1 spiro atoms. The maximum Gasteiger partial charge on any atom is 0.252 e. The van der Waals surface area contributed by atoms with Gasteiger partial charge < -0.3 is 25.2 Å². The van der Waals surface area contributed by atoms with E-state index in [2.05, 4.69) is 49.5 Å². The van der Waals surface area contributed by atoms with Crippen LogP contribution in [-0.4, -0.2) is 59.6 Å². The molecule has 0 atom stereocenters. The first-order chi connectivity index (χ1) is 18.5. The summed E-state index contributed by atoms with van der Waals surface area (Å²) in [6.07, 6.45) is 5.38. The van der Waals surface area contributed by atoms with Gasteiger partial charge in [0.25, 0.3) is 5.91 Å². The summed E-state index contributed by atoms with van der Waals surface area (Å²) < 4.78 is 21.1. The number of nitrogens with one attached hydrogen (secondary N) is 2. The number of amides is 1. The molecular weight excluding hydrogens is 483 g/mol. The summed E-state index contributed by atoms with van der Waals surface area (Å²) in [5, 5.41) is 6.37. The van der Waals surface area contributed by atoms with E-state index in [9.17, 15) is 9.18 Å². The number of ether oxygens (including phenoxy) is 1. The Morgan fingerprint density at radius 2 is 1.95 bits per heavy atom. The predicted octanol–water partition coefficient (Wildman–Crippen LogP) is 4.44. The fourth-order valence-corrected chi connectivity index (χ4v) is 5.52. The number of piperazine rings is 1. The summed E-state index contributed by atoms with van der Waals surface area (Å²) in [5.74, 6) is 0.373. The number of anilines is 3. The van der Waals surface area contributed by atoms with Crippen molar-refractivity contribution in [2.75, 3.05) is 42.9 Å². The Kier molecular flexibility index (Phi) is 5.51. The van der Waals surface area contributed by atoms with Crippen molar-refractivity contribution in [1.82, 2.24) is 20.2 Å². The van der Waals surface area contributed by atoms with Gasteiger partial charge in [0.1, 0.15) is 11.4 Å². The van der Waals surface area contributed by atoms with Gasteiger partial charge in [0.05, 0.1) is 23.5 Å². The van der Waals surface area contributed by atoms with Crippen molar-refractivity contribution in [3.63, 3.8) is 0 Å². The van der Waals surface area contributed by atoms with E-state index in [1.54, 1.807) is 6.07 Å². The largest absolute Gasteiger partial charge is 0.488 e. The summed E-state index contributed by atoms with van der Waals surface area (Å²) in [4.78, 5) is 26.1. The Balaban J connectivity index is 1.18. The highest BCUT2D eigenvalue weighted by molar-refractivity contribution is 6.01. The van der Waals surface area contributed by atoms with E-state index in [0.717, 1.165) is 81.1 Å². The lowest BCUT2D eigenvalue weighted by atomic mass is 9.99. The molecule has 1 saturated heterocycles. The SMILES string of the molecule is CCN1CCN(c2ccc(OC3CC3)c(Nc3ncc(F)c(-c4ccc5c(c4)C(=O)NC54CC4)n3)c2)CC1. The van der Waals surface area contributed by atoms with E-state index in [4.69, 9.17) is 4.74 Å². The minimum absolute atomic E-state index is 0.106. The Labute approximate surface area is 221 Å². The number of carbonyl (C=O) groups excluding carboxylic acids is 1. The van der Waals surface area contributed by atoms with Crippen molar-refractivity contribution < 1.29 is 13.9 Å². The van der Waals surface area contributed by atoms with Crippen LogP contribution in [0.4, 0.5) is 21.7 Å². The molecule has 4 aliphatic rings. The lowest BCUT2D eigenvalue weighted by Crippen LogP contribution is -2.46.